The summed E-state index contributed by atoms with van der Waals surface area (Å²) in [6.45, 7) is -0.193. The summed E-state index contributed by atoms with van der Waals surface area (Å²) in [6, 6.07) is 2.91. The molecule has 0 saturated carbocycles. The zero-order chi connectivity index (χ0) is 13.9. The Balaban J connectivity index is 2.11. The van der Waals surface area contributed by atoms with E-state index in [0.717, 1.165) is 0 Å². The predicted octanol–water partition coefficient (Wildman–Crippen LogP) is 2.64. The van der Waals surface area contributed by atoms with Gasteiger partial charge in [-0.15, -0.1) is 0 Å². The number of rotatable bonds is 5. The van der Waals surface area contributed by atoms with E-state index in [4.69, 9.17) is 4.42 Å². The van der Waals surface area contributed by atoms with E-state index in [0.29, 0.717) is 11.6 Å². The molecule has 19 heavy (non-hydrogen) atoms. The number of hydrogen-bond donors (Lipinski definition) is 1. The molecule has 0 saturated heterocycles. The molecule has 0 spiro atoms. The van der Waals surface area contributed by atoms with Crippen molar-refractivity contribution in [3.05, 3.63) is 42.4 Å². The van der Waals surface area contributed by atoms with Crippen molar-refractivity contribution in [2.24, 2.45) is 7.05 Å². The van der Waals surface area contributed by atoms with Crippen molar-refractivity contribution in [1.29, 1.82) is 0 Å². The van der Waals surface area contributed by atoms with E-state index in [1.54, 1.807) is 36.1 Å². The highest BCUT2D eigenvalue weighted by Gasteiger charge is 2.28. The predicted molar refractivity (Wildman–Crippen MR) is 62.4 cm³/mol. The van der Waals surface area contributed by atoms with Gasteiger partial charge in [0.2, 0.25) is 0 Å². The van der Waals surface area contributed by atoms with Crippen LogP contribution in [0.3, 0.4) is 0 Å². The molecule has 0 bridgehead atoms. The number of nitrogens with one attached hydrogen (secondary N) is 1. The summed E-state index contributed by atoms with van der Waals surface area (Å²) in [6.07, 6.45) is -0.263. The summed E-state index contributed by atoms with van der Waals surface area (Å²) in [7, 11) is 1.78. The first-order chi connectivity index (χ1) is 8.97. The smallest absolute Gasteiger partial charge is 0.390 e. The highest BCUT2D eigenvalue weighted by atomic mass is 19.4. The number of hydrogen-bond acceptors (Lipinski definition) is 3. The maximum Gasteiger partial charge on any atom is 0.390 e. The Hall–Kier alpha value is -1.76. The van der Waals surface area contributed by atoms with Crippen molar-refractivity contribution in [2.75, 3.05) is 6.54 Å². The summed E-state index contributed by atoms with van der Waals surface area (Å²) >= 11 is 0. The van der Waals surface area contributed by atoms with Crippen LogP contribution in [0.2, 0.25) is 0 Å². The molecular formula is C12H14F3N3O. The number of halogens is 3. The second-order valence-corrected chi connectivity index (χ2v) is 4.16. The average Bonchev–Trinajstić information content (AvgIpc) is 2.94. The molecule has 0 aliphatic heterocycles. The highest BCUT2D eigenvalue weighted by Crippen LogP contribution is 2.23. The van der Waals surface area contributed by atoms with Gasteiger partial charge in [-0.3, -0.25) is 0 Å². The second-order valence-electron chi connectivity index (χ2n) is 4.16. The Morgan fingerprint density at radius 3 is 2.79 bits per heavy atom. The number of alkyl halides is 3. The van der Waals surface area contributed by atoms with Gasteiger partial charge in [0.05, 0.1) is 12.7 Å². The third-order valence-electron chi connectivity index (χ3n) is 2.70. The van der Waals surface area contributed by atoms with Crippen LogP contribution in [0.1, 0.15) is 24.0 Å². The molecule has 104 valence electrons. The van der Waals surface area contributed by atoms with Crippen LogP contribution in [-0.2, 0) is 7.05 Å². The number of aromatic nitrogens is 2. The van der Waals surface area contributed by atoms with E-state index >= 15 is 0 Å². The lowest BCUT2D eigenvalue weighted by atomic mass is 10.2. The van der Waals surface area contributed by atoms with Gasteiger partial charge in [-0.2, -0.15) is 13.2 Å². The van der Waals surface area contributed by atoms with Crippen LogP contribution < -0.4 is 5.32 Å². The first-order valence-electron chi connectivity index (χ1n) is 5.78. The van der Waals surface area contributed by atoms with Crippen LogP contribution in [0, 0.1) is 0 Å². The molecule has 1 unspecified atom stereocenters. The monoisotopic (exact) mass is 273 g/mol. The van der Waals surface area contributed by atoms with Gasteiger partial charge in [0.1, 0.15) is 17.6 Å². The van der Waals surface area contributed by atoms with Crippen molar-refractivity contribution < 1.29 is 17.6 Å². The summed E-state index contributed by atoms with van der Waals surface area (Å²) in [5.41, 5.74) is 0. The zero-order valence-corrected chi connectivity index (χ0v) is 10.3. The fourth-order valence-electron chi connectivity index (χ4n) is 1.79. The van der Waals surface area contributed by atoms with Crippen LogP contribution in [0.5, 0.6) is 0 Å². The Kier molecular flexibility index (Phi) is 3.94. The van der Waals surface area contributed by atoms with Gasteiger partial charge in [0.15, 0.2) is 0 Å². The Bertz CT molecular complexity index is 505. The molecule has 0 aliphatic rings. The van der Waals surface area contributed by atoms with E-state index < -0.39 is 18.6 Å². The van der Waals surface area contributed by atoms with Crippen molar-refractivity contribution in [2.45, 2.75) is 18.6 Å². The Morgan fingerprint density at radius 1 is 1.47 bits per heavy atom. The summed E-state index contributed by atoms with van der Waals surface area (Å²) in [5.74, 6) is 1.15. The Labute approximate surface area is 108 Å². The largest absolute Gasteiger partial charge is 0.467 e. The molecule has 1 N–H and O–H groups in total. The number of aryl methyl sites for hydroxylation is 1. The minimum absolute atomic E-state index is 0.193. The fourth-order valence-corrected chi connectivity index (χ4v) is 1.79. The highest BCUT2D eigenvalue weighted by molar-refractivity contribution is 5.15. The molecule has 0 aliphatic carbocycles. The van der Waals surface area contributed by atoms with Gasteiger partial charge in [-0.25, -0.2) is 4.98 Å². The quantitative estimate of drug-likeness (QED) is 0.910. The first-order valence-corrected chi connectivity index (χ1v) is 5.78. The molecule has 4 nitrogen and oxygen atoms in total. The average molecular weight is 273 g/mol. The lowest BCUT2D eigenvalue weighted by Gasteiger charge is -2.17. The maximum absolute atomic E-state index is 12.2. The normalized spacial score (nSPS) is 13.7. The van der Waals surface area contributed by atoms with Crippen LogP contribution in [-0.4, -0.2) is 22.3 Å². The maximum atomic E-state index is 12.2. The molecule has 2 aromatic heterocycles. The Morgan fingerprint density at radius 2 is 2.26 bits per heavy atom. The molecule has 0 radical (unpaired) electrons. The summed E-state index contributed by atoms with van der Waals surface area (Å²) in [4.78, 5) is 4.15. The molecule has 0 amide bonds. The molecule has 2 heterocycles. The lowest BCUT2D eigenvalue weighted by molar-refractivity contribution is -0.133. The number of furan rings is 1. The zero-order valence-electron chi connectivity index (χ0n) is 10.3. The van der Waals surface area contributed by atoms with Crippen LogP contribution in [0.25, 0.3) is 0 Å². The van der Waals surface area contributed by atoms with E-state index in [2.05, 4.69) is 10.3 Å². The molecular weight excluding hydrogens is 259 g/mol. The fraction of sp³-hybridized carbons (Fsp3) is 0.417. The summed E-state index contributed by atoms with van der Waals surface area (Å²) < 4.78 is 43.6. The van der Waals surface area contributed by atoms with E-state index in [1.165, 1.54) is 6.26 Å². The van der Waals surface area contributed by atoms with E-state index in [-0.39, 0.29) is 6.54 Å². The van der Waals surface area contributed by atoms with Crippen molar-refractivity contribution in [1.82, 2.24) is 14.9 Å². The van der Waals surface area contributed by atoms with Gasteiger partial charge in [0, 0.05) is 26.0 Å². The molecule has 1 atom stereocenters. The SMILES string of the molecule is Cn1ccnc1C(NCCC(F)(F)F)c1ccco1. The minimum Gasteiger partial charge on any atom is -0.467 e. The van der Waals surface area contributed by atoms with E-state index in [9.17, 15) is 13.2 Å². The van der Waals surface area contributed by atoms with Crippen LogP contribution in [0.4, 0.5) is 13.2 Å². The molecule has 2 aromatic rings. The van der Waals surface area contributed by atoms with E-state index in [1.807, 2.05) is 0 Å². The van der Waals surface area contributed by atoms with Gasteiger partial charge in [-0.1, -0.05) is 0 Å². The van der Waals surface area contributed by atoms with Gasteiger partial charge >= 0.3 is 6.18 Å². The van der Waals surface area contributed by atoms with Crippen molar-refractivity contribution in [3.8, 4) is 0 Å². The van der Waals surface area contributed by atoms with Gasteiger partial charge in [0.25, 0.3) is 0 Å². The summed E-state index contributed by atoms with van der Waals surface area (Å²) in [5, 5.41) is 2.82. The molecule has 7 heteroatoms. The van der Waals surface area contributed by atoms with Crippen molar-refractivity contribution in [3.63, 3.8) is 0 Å². The topological polar surface area (TPSA) is 43.0 Å². The standard InChI is InChI=1S/C12H14F3N3O/c1-18-7-6-17-11(18)10(9-3-2-8-19-9)16-5-4-12(13,14)15/h2-3,6-8,10,16H,4-5H2,1H3. The number of nitrogens with zero attached hydrogens (tertiary/aromatic N) is 2. The minimum atomic E-state index is -4.18. The third-order valence-corrected chi connectivity index (χ3v) is 2.70. The van der Waals surface area contributed by atoms with Gasteiger partial charge < -0.3 is 14.3 Å². The van der Waals surface area contributed by atoms with Crippen LogP contribution in [0.15, 0.2) is 35.2 Å². The first kappa shape index (κ1) is 13.7. The number of imidazole rings is 1. The van der Waals surface area contributed by atoms with Gasteiger partial charge in [-0.05, 0) is 12.1 Å². The molecule has 0 fully saturated rings. The third kappa shape index (κ3) is 3.60. The second kappa shape index (κ2) is 5.48. The molecule has 2 rings (SSSR count). The van der Waals surface area contributed by atoms with Crippen molar-refractivity contribution >= 4 is 0 Å². The lowest BCUT2D eigenvalue weighted by Crippen LogP contribution is -2.28. The molecule has 0 aromatic carbocycles. The van der Waals surface area contributed by atoms with Crippen LogP contribution >= 0.6 is 0 Å².